The summed E-state index contributed by atoms with van der Waals surface area (Å²) in [5.41, 5.74) is 2.35. The van der Waals surface area contributed by atoms with E-state index in [1.165, 1.54) is 0 Å². The predicted molar refractivity (Wildman–Crippen MR) is 142 cm³/mol. The minimum absolute atomic E-state index is 0.0311. The lowest BCUT2D eigenvalue weighted by atomic mass is 9.95. The topological polar surface area (TPSA) is 106 Å². The van der Waals surface area contributed by atoms with E-state index >= 15 is 0 Å². The standard InChI is InChI=1S/C28H41N5O3/c1-5-22-14-26(11-10-23(22)15-29)36-19-24-17-33(4)18-27(24)28(35)32-25(9-7-13-31-20-34)8-6-12-30-16-21(2)3/h7-11,14,20-21,24,27,30H,5-6,12-13,16-19H2,1-4H3,(H,31,34)(H,32,35)/b9-7-,25-8+. The number of rotatable bonds is 15. The van der Waals surface area contributed by atoms with Crippen molar-refractivity contribution in [1.82, 2.24) is 20.9 Å². The van der Waals surface area contributed by atoms with E-state index in [0.29, 0.717) is 37.6 Å². The molecule has 2 atom stereocenters. The summed E-state index contributed by atoms with van der Waals surface area (Å²) < 4.78 is 6.07. The number of nitrogens with zero attached hydrogens (tertiary/aromatic N) is 2. The van der Waals surface area contributed by atoms with Crippen molar-refractivity contribution in [2.45, 2.75) is 33.6 Å². The van der Waals surface area contributed by atoms with Crippen LogP contribution in [-0.4, -0.2) is 63.6 Å². The second kappa shape index (κ2) is 15.8. The summed E-state index contributed by atoms with van der Waals surface area (Å²) in [6.45, 7) is 10.4. The van der Waals surface area contributed by atoms with Gasteiger partial charge in [-0.25, -0.2) is 0 Å². The van der Waals surface area contributed by atoms with Gasteiger partial charge in [-0.15, -0.1) is 0 Å². The van der Waals surface area contributed by atoms with Gasteiger partial charge >= 0.3 is 0 Å². The maximum Gasteiger partial charge on any atom is 0.229 e. The van der Waals surface area contributed by atoms with Crippen LogP contribution in [0.2, 0.25) is 0 Å². The zero-order chi connectivity index (χ0) is 26.3. The maximum atomic E-state index is 13.3. The fourth-order valence-corrected chi connectivity index (χ4v) is 4.24. The summed E-state index contributed by atoms with van der Waals surface area (Å²) in [7, 11) is 2.01. The van der Waals surface area contributed by atoms with Crippen LogP contribution in [0.25, 0.3) is 0 Å². The van der Waals surface area contributed by atoms with Crippen molar-refractivity contribution >= 4 is 12.3 Å². The first kappa shape index (κ1) is 29.1. The van der Waals surface area contributed by atoms with Crippen LogP contribution in [0.5, 0.6) is 5.75 Å². The molecule has 0 aliphatic carbocycles. The van der Waals surface area contributed by atoms with Crippen LogP contribution >= 0.6 is 0 Å². The molecule has 2 amide bonds. The molecule has 1 aliphatic rings. The molecule has 0 bridgehead atoms. The third kappa shape index (κ3) is 9.84. The van der Waals surface area contributed by atoms with Crippen LogP contribution in [0.4, 0.5) is 0 Å². The molecule has 1 saturated heterocycles. The van der Waals surface area contributed by atoms with E-state index in [-0.39, 0.29) is 17.7 Å². The summed E-state index contributed by atoms with van der Waals surface area (Å²) >= 11 is 0. The van der Waals surface area contributed by atoms with Crippen molar-refractivity contribution in [3.8, 4) is 11.8 Å². The normalized spacial score (nSPS) is 18.4. The lowest BCUT2D eigenvalue weighted by Crippen LogP contribution is -2.36. The van der Waals surface area contributed by atoms with E-state index in [1.807, 2.05) is 44.3 Å². The number of carbonyl (C=O) groups excluding carboxylic acids is 2. The molecule has 36 heavy (non-hydrogen) atoms. The average molecular weight is 496 g/mol. The Morgan fingerprint density at radius 1 is 1.33 bits per heavy atom. The molecule has 196 valence electrons. The zero-order valence-electron chi connectivity index (χ0n) is 22.0. The fourth-order valence-electron chi connectivity index (χ4n) is 4.24. The Morgan fingerprint density at radius 2 is 2.14 bits per heavy atom. The number of aryl methyl sites for hydroxylation is 1. The minimum Gasteiger partial charge on any atom is -0.493 e. The highest BCUT2D eigenvalue weighted by Crippen LogP contribution is 2.25. The predicted octanol–water partition coefficient (Wildman–Crippen LogP) is 2.62. The first-order valence-electron chi connectivity index (χ1n) is 12.8. The second-order valence-electron chi connectivity index (χ2n) is 9.65. The number of benzene rings is 1. The van der Waals surface area contributed by atoms with Crippen LogP contribution in [-0.2, 0) is 16.0 Å². The summed E-state index contributed by atoms with van der Waals surface area (Å²) in [4.78, 5) is 26.0. The molecule has 0 saturated carbocycles. The van der Waals surface area contributed by atoms with Gasteiger partial charge in [0, 0.05) is 31.2 Å². The molecule has 8 heteroatoms. The molecule has 0 spiro atoms. The Bertz CT molecular complexity index is 951. The Balaban J connectivity index is 2.02. The molecule has 2 rings (SSSR count). The molecule has 8 nitrogen and oxygen atoms in total. The Kier molecular flexibility index (Phi) is 12.7. The molecule has 1 aromatic rings. The quantitative estimate of drug-likeness (QED) is 0.196. The summed E-state index contributed by atoms with van der Waals surface area (Å²) in [6.07, 6.45) is 7.86. The third-order valence-corrected chi connectivity index (χ3v) is 6.12. The van der Waals surface area contributed by atoms with Crippen molar-refractivity contribution in [2.24, 2.45) is 17.8 Å². The molecule has 0 aromatic heterocycles. The maximum absolute atomic E-state index is 13.3. The van der Waals surface area contributed by atoms with Gasteiger partial charge in [0.05, 0.1) is 24.2 Å². The van der Waals surface area contributed by atoms with Gasteiger partial charge in [-0.2, -0.15) is 5.26 Å². The smallest absolute Gasteiger partial charge is 0.229 e. The van der Waals surface area contributed by atoms with Crippen molar-refractivity contribution in [2.75, 3.05) is 46.4 Å². The Morgan fingerprint density at radius 3 is 2.83 bits per heavy atom. The van der Waals surface area contributed by atoms with E-state index in [4.69, 9.17) is 4.74 Å². The molecular formula is C28H41N5O3. The van der Waals surface area contributed by atoms with Gasteiger partial charge in [0.15, 0.2) is 0 Å². The highest BCUT2D eigenvalue weighted by atomic mass is 16.5. The molecule has 0 radical (unpaired) electrons. The molecule has 1 aromatic carbocycles. The largest absolute Gasteiger partial charge is 0.493 e. The number of hydrogen-bond donors (Lipinski definition) is 3. The van der Waals surface area contributed by atoms with Gasteiger partial charge < -0.3 is 25.6 Å². The van der Waals surface area contributed by atoms with Gasteiger partial charge in [0.2, 0.25) is 12.3 Å². The van der Waals surface area contributed by atoms with Gasteiger partial charge in [-0.05, 0) is 68.7 Å². The average Bonchev–Trinajstić information content (AvgIpc) is 3.24. The number of carbonyl (C=O) groups is 2. The minimum atomic E-state index is -0.206. The van der Waals surface area contributed by atoms with E-state index in [0.717, 1.165) is 49.5 Å². The number of likely N-dealkylation sites (tertiary alicyclic amines) is 1. The van der Waals surface area contributed by atoms with E-state index in [1.54, 1.807) is 6.07 Å². The van der Waals surface area contributed by atoms with Crippen molar-refractivity contribution in [1.29, 1.82) is 5.26 Å². The van der Waals surface area contributed by atoms with Crippen LogP contribution in [0, 0.1) is 29.1 Å². The molecule has 2 unspecified atom stereocenters. The number of ether oxygens (including phenoxy) is 1. The number of nitriles is 1. The first-order chi connectivity index (χ1) is 17.4. The number of hydrogen-bond acceptors (Lipinski definition) is 6. The monoisotopic (exact) mass is 495 g/mol. The van der Waals surface area contributed by atoms with Crippen LogP contribution in [0.1, 0.15) is 38.3 Å². The van der Waals surface area contributed by atoms with Crippen molar-refractivity contribution < 1.29 is 14.3 Å². The summed E-state index contributed by atoms with van der Waals surface area (Å²) in [5, 5.41) is 18.3. The van der Waals surface area contributed by atoms with Crippen molar-refractivity contribution in [3.63, 3.8) is 0 Å². The highest BCUT2D eigenvalue weighted by Gasteiger charge is 2.36. The van der Waals surface area contributed by atoms with E-state index in [9.17, 15) is 14.9 Å². The van der Waals surface area contributed by atoms with Gasteiger partial charge in [0.1, 0.15) is 5.75 Å². The van der Waals surface area contributed by atoms with E-state index < -0.39 is 0 Å². The number of allylic oxidation sites excluding steroid dienone is 1. The van der Waals surface area contributed by atoms with Gasteiger partial charge in [0.25, 0.3) is 0 Å². The molecular weight excluding hydrogens is 454 g/mol. The van der Waals surface area contributed by atoms with Gasteiger partial charge in [-0.3, -0.25) is 9.59 Å². The highest BCUT2D eigenvalue weighted by molar-refractivity contribution is 5.81. The Labute approximate surface area is 215 Å². The van der Waals surface area contributed by atoms with Crippen LogP contribution in [0.3, 0.4) is 0 Å². The lowest BCUT2D eigenvalue weighted by molar-refractivity contribution is -0.125. The first-order valence-corrected chi connectivity index (χ1v) is 12.8. The Hall–Kier alpha value is -3.15. The van der Waals surface area contributed by atoms with Crippen molar-refractivity contribution in [3.05, 3.63) is 53.3 Å². The zero-order valence-corrected chi connectivity index (χ0v) is 22.0. The summed E-state index contributed by atoms with van der Waals surface area (Å²) in [5.74, 6) is 1.11. The molecule has 3 N–H and O–H groups in total. The summed E-state index contributed by atoms with van der Waals surface area (Å²) in [6, 6.07) is 7.74. The van der Waals surface area contributed by atoms with Crippen LogP contribution < -0.4 is 20.7 Å². The fraction of sp³-hybridized carbons (Fsp3) is 0.536. The van der Waals surface area contributed by atoms with E-state index in [2.05, 4.69) is 40.8 Å². The van der Waals surface area contributed by atoms with Crippen LogP contribution in [0.15, 0.2) is 42.1 Å². The lowest BCUT2D eigenvalue weighted by Gasteiger charge is -2.19. The second-order valence-corrected chi connectivity index (χ2v) is 9.65. The number of amides is 2. The molecule has 1 aliphatic heterocycles. The van der Waals surface area contributed by atoms with Gasteiger partial charge in [-0.1, -0.05) is 32.9 Å². The molecule has 1 fully saturated rings. The number of nitrogens with one attached hydrogen (secondary N) is 3. The SMILES string of the molecule is CCc1cc(OCC2CN(C)CC2C(=O)NC(/C=C\CNC=O)=C/CCNCC(C)C)ccc1C#N. The third-order valence-electron chi connectivity index (χ3n) is 6.12. The molecule has 1 heterocycles.